The Morgan fingerprint density at radius 3 is 2.27 bits per heavy atom. The van der Waals surface area contributed by atoms with Crippen LogP contribution in [0.15, 0.2) is 12.1 Å². The maximum atomic E-state index is 12.8. The monoisotopic (exact) mass is 223 g/mol. The third-order valence-electron chi connectivity index (χ3n) is 1.79. The van der Waals surface area contributed by atoms with Crippen molar-refractivity contribution in [2.75, 3.05) is 0 Å². The fraction of sp³-hybridized carbons (Fsp3) is 0.250. The van der Waals surface area contributed by atoms with Crippen LogP contribution in [-0.4, -0.2) is 4.92 Å². The van der Waals surface area contributed by atoms with Gasteiger partial charge in [-0.3, -0.25) is 10.1 Å². The summed E-state index contributed by atoms with van der Waals surface area (Å²) in [6.45, 7) is 1.17. The van der Waals surface area contributed by atoms with Crippen LogP contribution in [0.2, 0.25) is 0 Å². The van der Waals surface area contributed by atoms with Gasteiger partial charge in [0.25, 0.3) is 5.69 Å². The molecule has 0 amide bonds. The Morgan fingerprint density at radius 2 is 1.87 bits per heavy atom. The molecule has 0 aromatic heterocycles. The van der Waals surface area contributed by atoms with E-state index in [1.807, 2.05) is 0 Å². The number of benzene rings is 1. The Kier molecular flexibility index (Phi) is 2.65. The zero-order chi connectivity index (χ0) is 11.8. The van der Waals surface area contributed by atoms with Crippen molar-refractivity contribution in [2.45, 2.75) is 13.1 Å². The zero-order valence-corrected chi connectivity index (χ0v) is 7.43. The van der Waals surface area contributed by atoms with Crippen LogP contribution in [0.25, 0.3) is 0 Å². The van der Waals surface area contributed by atoms with Crippen molar-refractivity contribution in [3.63, 3.8) is 0 Å². The second-order valence-corrected chi connectivity index (χ2v) is 2.87. The molecule has 0 spiro atoms. The molecule has 1 aromatic rings. The molecular weight excluding hydrogens is 218 g/mol. The van der Waals surface area contributed by atoms with Gasteiger partial charge in [-0.05, 0) is 13.0 Å². The predicted octanol–water partition coefficient (Wildman–Crippen LogP) is 3.06. The molecule has 1 rings (SSSR count). The second kappa shape index (κ2) is 3.48. The largest absolute Gasteiger partial charge is 0.419 e. The molecule has 0 fully saturated rings. The number of nitrogens with zero attached hydrogens (tertiary/aromatic N) is 1. The first-order valence-corrected chi connectivity index (χ1v) is 3.75. The van der Waals surface area contributed by atoms with Crippen molar-refractivity contribution in [2.24, 2.45) is 0 Å². The number of rotatable bonds is 1. The van der Waals surface area contributed by atoms with E-state index in [0.717, 1.165) is 0 Å². The maximum absolute atomic E-state index is 12.8. The summed E-state index contributed by atoms with van der Waals surface area (Å²) in [4.78, 5) is 9.35. The van der Waals surface area contributed by atoms with Crippen molar-refractivity contribution in [3.05, 3.63) is 39.2 Å². The summed E-state index contributed by atoms with van der Waals surface area (Å²) < 4.78 is 49.3. The molecular formula is C8H5F4NO2. The Balaban J connectivity index is 3.43. The molecule has 15 heavy (non-hydrogen) atoms. The van der Waals surface area contributed by atoms with E-state index in [-0.39, 0.29) is 11.6 Å². The average Bonchev–Trinajstić information content (AvgIpc) is 2.00. The number of alkyl halides is 3. The van der Waals surface area contributed by atoms with Crippen LogP contribution in [0.5, 0.6) is 0 Å². The van der Waals surface area contributed by atoms with Crippen molar-refractivity contribution < 1.29 is 22.5 Å². The van der Waals surface area contributed by atoms with Crippen LogP contribution < -0.4 is 0 Å². The normalized spacial score (nSPS) is 11.5. The predicted molar refractivity (Wildman–Crippen MR) is 42.8 cm³/mol. The van der Waals surface area contributed by atoms with Gasteiger partial charge in [0, 0.05) is 11.6 Å². The number of nitro groups is 1. The van der Waals surface area contributed by atoms with Crippen molar-refractivity contribution in [3.8, 4) is 0 Å². The lowest BCUT2D eigenvalue weighted by atomic mass is 10.1. The smallest absolute Gasteiger partial charge is 0.258 e. The molecule has 0 bridgehead atoms. The van der Waals surface area contributed by atoms with E-state index < -0.39 is 28.2 Å². The van der Waals surface area contributed by atoms with E-state index in [4.69, 9.17) is 0 Å². The lowest BCUT2D eigenvalue weighted by Gasteiger charge is -2.08. The summed E-state index contributed by atoms with van der Waals surface area (Å²) in [5.74, 6) is -1.51. The minimum Gasteiger partial charge on any atom is -0.258 e. The van der Waals surface area contributed by atoms with Gasteiger partial charge < -0.3 is 0 Å². The van der Waals surface area contributed by atoms with Crippen LogP contribution in [0.4, 0.5) is 23.2 Å². The summed E-state index contributed by atoms with van der Waals surface area (Å²) in [6, 6.07) is 0.700. The van der Waals surface area contributed by atoms with Gasteiger partial charge in [0.15, 0.2) is 0 Å². The molecule has 0 unspecified atom stereocenters. The van der Waals surface area contributed by atoms with Gasteiger partial charge in [0.2, 0.25) is 0 Å². The van der Waals surface area contributed by atoms with Gasteiger partial charge >= 0.3 is 6.18 Å². The van der Waals surface area contributed by atoms with Gasteiger partial charge in [-0.25, -0.2) is 4.39 Å². The summed E-state index contributed by atoms with van der Waals surface area (Å²) in [5, 5.41) is 10.3. The molecule has 0 atom stereocenters. The zero-order valence-electron chi connectivity index (χ0n) is 7.43. The van der Waals surface area contributed by atoms with Crippen LogP contribution in [0.3, 0.4) is 0 Å². The lowest BCUT2D eigenvalue weighted by molar-refractivity contribution is -0.385. The molecule has 0 N–H and O–H groups in total. The summed E-state index contributed by atoms with van der Waals surface area (Å²) in [6.07, 6.45) is -4.93. The highest BCUT2D eigenvalue weighted by Gasteiger charge is 2.36. The summed E-state index contributed by atoms with van der Waals surface area (Å²) in [5.41, 5.74) is -2.52. The van der Waals surface area contributed by atoms with E-state index >= 15 is 0 Å². The maximum Gasteiger partial charge on any atom is 0.419 e. The number of aryl methyl sites for hydroxylation is 1. The van der Waals surface area contributed by atoms with Crippen LogP contribution in [-0.2, 0) is 6.18 Å². The fourth-order valence-corrected chi connectivity index (χ4v) is 1.08. The van der Waals surface area contributed by atoms with Crippen LogP contribution in [0.1, 0.15) is 11.1 Å². The Morgan fingerprint density at radius 1 is 1.33 bits per heavy atom. The average molecular weight is 223 g/mol. The topological polar surface area (TPSA) is 43.1 Å². The molecule has 3 nitrogen and oxygen atoms in total. The molecule has 1 aromatic carbocycles. The molecule has 0 aliphatic heterocycles. The van der Waals surface area contributed by atoms with Crippen molar-refractivity contribution >= 4 is 5.69 Å². The first-order chi connectivity index (χ1) is 6.73. The summed E-state index contributed by atoms with van der Waals surface area (Å²) in [7, 11) is 0. The Labute approximate surface area is 81.5 Å². The number of halogens is 4. The molecule has 7 heteroatoms. The third-order valence-corrected chi connectivity index (χ3v) is 1.79. The van der Waals surface area contributed by atoms with Gasteiger partial charge in [0.1, 0.15) is 5.82 Å². The Hall–Kier alpha value is -1.66. The van der Waals surface area contributed by atoms with E-state index in [1.165, 1.54) is 6.92 Å². The lowest BCUT2D eigenvalue weighted by Crippen LogP contribution is -2.09. The highest BCUT2D eigenvalue weighted by Crippen LogP contribution is 2.34. The quantitative estimate of drug-likeness (QED) is 0.417. The van der Waals surface area contributed by atoms with Gasteiger partial charge in [0.05, 0.1) is 10.5 Å². The minimum absolute atomic E-state index is 0.148. The highest BCUT2D eigenvalue weighted by molar-refractivity contribution is 5.44. The van der Waals surface area contributed by atoms with Crippen molar-refractivity contribution in [1.29, 1.82) is 0 Å². The second-order valence-electron chi connectivity index (χ2n) is 2.87. The van der Waals surface area contributed by atoms with Crippen LogP contribution >= 0.6 is 0 Å². The van der Waals surface area contributed by atoms with E-state index in [2.05, 4.69) is 0 Å². The third kappa shape index (κ3) is 2.23. The number of nitro benzene ring substituents is 1. The first kappa shape index (κ1) is 11.4. The molecule has 0 saturated carbocycles. The highest BCUT2D eigenvalue weighted by atomic mass is 19.4. The molecule has 82 valence electrons. The SMILES string of the molecule is Cc1cc(F)c(C(F)(F)F)cc1[N+](=O)[O-]. The van der Waals surface area contributed by atoms with Crippen LogP contribution in [0, 0.1) is 22.9 Å². The first-order valence-electron chi connectivity index (χ1n) is 3.75. The Bertz CT molecular complexity index is 414. The minimum atomic E-state index is -4.93. The fourth-order valence-electron chi connectivity index (χ4n) is 1.08. The molecule has 0 aliphatic carbocycles. The van der Waals surface area contributed by atoms with Gasteiger partial charge in [-0.15, -0.1) is 0 Å². The molecule has 0 radical (unpaired) electrons. The number of hydrogen-bond acceptors (Lipinski definition) is 2. The molecule has 0 saturated heterocycles. The summed E-state index contributed by atoms with van der Waals surface area (Å²) >= 11 is 0. The van der Waals surface area contributed by atoms with Gasteiger partial charge in [-0.2, -0.15) is 13.2 Å². The molecule has 0 aliphatic rings. The van der Waals surface area contributed by atoms with Gasteiger partial charge in [-0.1, -0.05) is 0 Å². The standard InChI is InChI=1S/C8H5F4NO2/c1-4-2-6(9)5(8(10,11)12)3-7(4)13(14)15/h2-3H,1H3. The van der Waals surface area contributed by atoms with E-state index in [9.17, 15) is 27.7 Å². The molecule has 0 heterocycles. The van der Waals surface area contributed by atoms with E-state index in [0.29, 0.717) is 6.07 Å². The number of hydrogen-bond donors (Lipinski definition) is 0. The van der Waals surface area contributed by atoms with Crippen molar-refractivity contribution in [1.82, 2.24) is 0 Å². The van der Waals surface area contributed by atoms with E-state index in [1.54, 1.807) is 0 Å².